The summed E-state index contributed by atoms with van der Waals surface area (Å²) in [7, 11) is -2.23. The van der Waals surface area contributed by atoms with Gasteiger partial charge in [0.1, 0.15) is 16.8 Å². The molecule has 0 radical (unpaired) electrons. The SMILES string of the molecule is Cc1c(S(=O)(=O)N2C[C@@H](F)[C@@H](C)C2)cc(C(=O)NCc2cccc3ncccc23)n1C. The molecule has 7 nitrogen and oxygen atoms in total. The molecule has 1 fully saturated rings. The van der Waals surface area contributed by atoms with Crippen LogP contribution in [0.1, 0.15) is 28.7 Å². The molecule has 0 saturated carbocycles. The molecular formula is C22H25FN4O3S. The van der Waals surface area contributed by atoms with Crippen LogP contribution in [0.4, 0.5) is 4.39 Å². The van der Waals surface area contributed by atoms with Gasteiger partial charge in [-0.15, -0.1) is 0 Å². The molecule has 9 heteroatoms. The first-order valence-corrected chi connectivity index (χ1v) is 11.6. The zero-order chi connectivity index (χ0) is 22.3. The van der Waals surface area contributed by atoms with Crippen LogP contribution >= 0.6 is 0 Å². The molecule has 2 atom stereocenters. The highest BCUT2D eigenvalue weighted by Gasteiger charge is 2.39. The van der Waals surface area contributed by atoms with E-state index in [0.717, 1.165) is 20.8 Å². The number of benzene rings is 1. The smallest absolute Gasteiger partial charge is 0.268 e. The van der Waals surface area contributed by atoms with Crippen molar-refractivity contribution in [2.45, 2.75) is 31.5 Å². The molecule has 0 aliphatic carbocycles. The summed E-state index contributed by atoms with van der Waals surface area (Å²) in [5.74, 6) is -0.733. The molecule has 3 aromatic rings. The molecule has 0 spiro atoms. The number of nitrogens with one attached hydrogen (secondary N) is 1. The van der Waals surface area contributed by atoms with E-state index in [9.17, 15) is 17.6 Å². The van der Waals surface area contributed by atoms with Crippen molar-refractivity contribution in [1.82, 2.24) is 19.2 Å². The molecule has 164 valence electrons. The van der Waals surface area contributed by atoms with Crippen LogP contribution in [0.15, 0.2) is 47.5 Å². The molecule has 0 bridgehead atoms. The first-order valence-electron chi connectivity index (χ1n) is 10.1. The van der Waals surface area contributed by atoms with Crippen molar-refractivity contribution in [2.75, 3.05) is 13.1 Å². The van der Waals surface area contributed by atoms with Crippen LogP contribution in [0.25, 0.3) is 10.9 Å². The zero-order valence-corrected chi connectivity index (χ0v) is 18.5. The van der Waals surface area contributed by atoms with E-state index in [4.69, 9.17) is 0 Å². The normalized spacial score (nSPS) is 19.7. The summed E-state index contributed by atoms with van der Waals surface area (Å²) in [4.78, 5) is 17.2. The summed E-state index contributed by atoms with van der Waals surface area (Å²) in [5, 5.41) is 3.81. The molecule has 4 rings (SSSR count). The van der Waals surface area contributed by atoms with Crippen molar-refractivity contribution < 1.29 is 17.6 Å². The first kappa shape index (κ1) is 21.5. The molecule has 1 aliphatic rings. The third-order valence-corrected chi connectivity index (χ3v) is 7.95. The number of halogens is 1. The molecule has 0 unspecified atom stereocenters. The van der Waals surface area contributed by atoms with Gasteiger partial charge in [-0.25, -0.2) is 12.8 Å². The maximum Gasteiger partial charge on any atom is 0.268 e. The average molecular weight is 445 g/mol. The number of nitrogens with zero attached hydrogens (tertiary/aromatic N) is 3. The van der Waals surface area contributed by atoms with Gasteiger partial charge in [-0.3, -0.25) is 9.78 Å². The quantitative estimate of drug-likeness (QED) is 0.656. The summed E-state index contributed by atoms with van der Waals surface area (Å²) in [6, 6.07) is 10.9. The summed E-state index contributed by atoms with van der Waals surface area (Å²) >= 11 is 0. The maximum absolute atomic E-state index is 13.9. The predicted octanol–water partition coefficient (Wildman–Crippen LogP) is 2.79. The highest BCUT2D eigenvalue weighted by atomic mass is 32.2. The van der Waals surface area contributed by atoms with Crippen molar-refractivity contribution in [2.24, 2.45) is 13.0 Å². The van der Waals surface area contributed by atoms with E-state index in [1.165, 1.54) is 6.07 Å². The number of rotatable bonds is 5. The van der Waals surface area contributed by atoms with Gasteiger partial charge in [0, 0.05) is 49.9 Å². The van der Waals surface area contributed by atoms with Gasteiger partial charge in [0.25, 0.3) is 5.91 Å². The van der Waals surface area contributed by atoms with Crippen LogP contribution < -0.4 is 5.32 Å². The van der Waals surface area contributed by atoms with Gasteiger partial charge in [0.15, 0.2) is 0 Å². The molecule has 3 heterocycles. The highest BCUT2D eigenvalue weighted by molar-refractivity contribution is 7.89. The fraction of sp³-hybridized carbons (Fsp3) is 0.364. The van der Waals surface area contributed by atoms with Crippen LogP contribution in [-0.2, 0) is 23.6 Å². The third kappa shape index (κ3) is 3.83. The number of aromatic nitrogens is 2. The Bertz CT molecular complexity index is 1240. The number of amides is 1. The van der Waals surface area contributed by atoms with E-state index in [0.29, 0.717) is 5.69 Å². The molecule has 1 N–H and O–H groups in total. The van der Waals surface area contributed by atoms with Gasteiger partial charge in [0.2, 0.25) is 10.0 Å². The Labute approximate surface area is 180 Å². The van der Waals surface area contributed by atoms with Crippen molar-refractivity contribution in [3.63, 3.8) is 0 Å². The number of hydrogen-bond acceptors (Lipinski definition) is 4. The van der Waals surface area contributed by atoms with Crippen molar-refractivity contribution in [3.8, 4) is 0 Å². The molecule has 1 aromatic carbocycles. The van der Waals surface area contributed by atoms with Crippen LogP contribution in [0.2, 0.25) is 0 Å². The van der Waals surface area contributed by atoms with Crippen molar-refractivity contribution in [1.29, 1.82) is 0 Å². The Morgan fingerprint density at radius 2 is 2.03 bits per heavy atom. The van der Waals surface area contributed by atoms with E-state index < -0.39 is 16.2 Å². The second-order valence-electron chi connectivity index (χ2n) is 8.02. The second-order valence-corrected chi connectivity index (χ2v) is 9.93. The minimum absolute atomic E-state index is 0.0378. The number of carbonyl (C=O) groups is 1. The summed E-state index contributed by atoms with van der Waals surface area (Å²) < 4.78 is 42.8. The fourth-order valence-electron chi connectivity index (χ4n) is 3.96. The molecule has 1 amide bonds. The van der Waals surface area contributed by atoms with Crippen LogP contribution in [0.3, 0.4) is 0 Å². The Kier molecular flexibility index (Phi) is 5.57. The van der Waals surface area contributed by atoms with Crippen LogP contribution in [-0.4, -0.2) is 47.4 Å². The second kappa shape index (κ2) is 8.05. The Morgan fingerprint density at radius 1 is 1.26 bits per heavy atom. The standard InChI is InChI=1S/C22H25FN4O3S/c1-14-12-27(13-18(14)23)31(29,30)21-10-20(26(3)15(21)2)22(28)25-11-16-6-4-8-19-17(16)7-5-9-24-19/h4-10,14,18H,11-13H2,1-3H3,(H,25,28)/t14-,18+/m0/s1. The van der Waals surface area contributed by atoms with Gasteiger partial charge < -0.3 is 9.88 Å². The van der Waals surface area contributed by atoms with Crippen LogP contribution in [0.5, 0.6) is 0 Å². The zero-order valence-electron chi connectivity index (χ0n) is 17.7. The number of fused-ring (bicyclic) bond motifs is 1. The first-order chi connectivity index (χ1) is 14.7. The summed E-state index contributed by atoms with van der Waals surface area (Å²) in [5.41, 5.74) is 2.43. The largest absolute Gasteiger partial charge is 0.347 e. The molecule has 1 aliphatic heterocycles. The fourth-order valence-corrected chi connectivity index (χ4v) is 5.78. The number of hydrogen-bond donors (Lipinski definition) is 1. The van der Waals surface area contributed by atoms with E-state index in [2.05, 4.69) is 10.3 Å². The third-order valence-electron chi connectivity index (χ3n) is 6.00. The minimum Gasteiger partial charge on any atom is -0.347 e. The van der Waals surface area contributed by atoms with Crippen molar-refractivity contribution in [3.05, 3.63) is 59.5 Å². The topological polar surface area (TPSA) is 84.3 Å². The Morgan fingerprint density at radius 3 is 2.74 bits per heavy atom. The van der Waals surface area contributed by atoms with Gasteiger partial charge >= 0.3 is 0 Å². The lowest BCUT2D eigenvalue weighted by Gasteiger charge is -2.15. The van der Waals surface area contributed by atoms with Crippen molar-refractivity contribution >= 4 is 26.8 Å². The lowest BCUT2D eigenvalue weighted by atomic mass is 10.1. The van der Waals surface area contributed by atoms with Gasteiger partial charge in [-0.2, -0.15) is 4.31 Å². The number of pyridine rings is 1. The van der Waals surface area contributed by atoms with E-state index in [1.807, 2.05) is 30.3 Å². The minimum atomic E-state index is -3.88. The predicted molar refractivity (Wildman–Crippen MR) is 116 cm³/mol. The van der Waals surface area contributed by atoms with Gasteiger partial charge in [0.05, 0.1) is 5.52 Å². The van der Waals surface area contributed by atoms with Gasteiger partial charge in [-0.05, 0) is 30.7 Å². The highest BCUT2D eigenvalue weighted by Crippen LogP contribution is 2.29. The molecular weight excluding hydrogens is 419 g/mol. The maximum atomic E-state index is 13.9. The van der Waals surface area contributed by atoms with Crippen LogP contribution in [0, 0.1) is 12.8 Å². The number of alkyl halides is 1. The molecule has 1 saturated heterocycles. The molecule has 2 aromatic heterocycles. The molecule has 31 heavy (non-hydrogen) atoms. The van der Waals surface area contributed by atoms with E-state index in [-0.39, 0.29) is 42.0 Å². The number of carbonyl (C=O) groups excluding carboxylic acids is 1. The van der Waals surface area contributed by atoms with E-state index in [1.54, 1.807) is 31.7 Å². The summed E-state index contributed by atoms with van der Waals surface area (Å²) in [6.07, 6.45) is 0.530. The van der Waals surface area contributed by atoms with Gasteiger partial charge in [-0.1, -0.05) is 25.1 Å². The number of sulfonamides is 1. The Hall–Kier alpha value is -2.78. The van der Waals surface area contributed by atoms with E-state index >= 15 is 0 Å². The Balaban J connectivity index is 1.57. The monoisotopic (exact) mass is 444 g/mol. The lowest BCUT2D eigenvalue weighted by molar-refractivity contribution is 0.0942. The lowest BCUT2D eigenvalue weighted by Crippen LogP contribution is -2.29. The average Bonchev–Trinajstić information content (AvgIpc) is 3.26. The summed E-state index contributed by atoms with van der Waals surface area (Å²) in [6.45, 7) is 3.59.